The zero-order valence-electron chi connectivity index (χ0n) is 17.6. The van der Waals surface area contributed by atoms with Gasteiger partial charge in [-0.25, -0.2) is 4.79 Å². The lowest BCUT2D eigenvalue weighted by molar-refractivity contribution is -0.384. The van der Waals surface area contributed by atoms with Crippen molar-refractivity contribution in [2.75, 3.05) is 19.0 Å². The number of esters is 1. The summed E-state index contributed by atoms with van der Waals surface area (Å²) < 4.78 is 10.1. The molecule has 0 spiro atoms. The van der Waals surface area contributed by atoms with E-state index in [1.807, 2.05) is 0 Å². The first kappa shape index (κ1) is 24.6. The standard InChI is InChI=1S/C21H22ClN3O7/c1-12(2)19(24-20(27)14-6-4-5-7-15(14)22)21(28)32-11-18(26)23-16-9-8-13(25(29)30)10-17(16)31-3/h4-10,12,19H,11H2,1-3H3,(H,23,26)(H,24,27)/t19-/m0/s1. The van der Waals surface area contributed by atoms with E-state index < -0.39 is 35.4 Å². The summed E-state index contributed by atoms with van der Waals surface area (Å²) in [7, 11) is 1.30. The van der Waals surface area contributed by atoms with Crippen LogP contribution in [-0.4, -0.2) is 42.5 Å². The summed E-state index contributed by atoms with van der Waals surface area (Å²) in [5.74, 6) is -2.29. The number of nitrogens with one attached hydrogen (secondary N) is 2. The number of rotatable bonds is 9. The highest BCUT2D eigenvalue weighted by molar-refractivity contribution is 6.33. The average molecular weight is 464 g/mol. The smallest absolute Gasteiger partial charge is 0.329 e. The van der Waals surface area contributed by atoms with Crippen LogP contribution in [0.3, 0.4) is 0 Å². The van der Waals surface area contributed by atoms with E-state index in [0.29, 0.717) is 0 Å². The van der Waals surface area contributed by atoms with Crippen LogP contribution in [0.5, 0.6) is 5.75 Å². The largest absolute Gasteiger partial charge is 0.494 e. The number of anilines is 1. The lowest BCUT2D eigenvalue weighted by Gasteiger charge is -2.21. The van der Waals surface area contributed by atoms with E-state index in [0.717, 1.165) is 6.07 Å². The minimum Gasteiger partial charge on any atom is -0.494 e. The molecule has 0 fully saturated rings. The molecule has 11 heteroatoms. The van der Waals surface area contributed by atoms with Gasteiger partial charge in [0.25, 0.3) is 17.5 Å². The summed E-state index contributed by atoms with van der Waals surface area (Å²) >= 11 is 6.02. The van der Waals surface area contributed by atoms with Crippen molar-refractivity contribution in [3.05, 3.63) is 63.2 Å². The van der Waals surface area contributed by atoms with Crippen molar-refractivity contribution in [2.45, 2.75) is 19.9 Å². The Bertz CT molecular complexity index is 1030. The molecule has 2 N–H and O–H groups in total. The van der Waals surface area contributed by atoms with Crippen LogP contribution < -0.4 is 15.4 Å². The highest BCUT2D eigenvalue weighted by Gasteiger charge is 2.27. The number of nitrogens with zero attached hydrogens (tertiary/aromatic N) is 1. The summed E-state index contributed by atoms with van der Waals surface area (Å²) in [4.78, 5) is 47.4. The maximum Gasteiger partial charge on any atom is 0.329 e. The lowest BCUT2D eigenvalue weighted by Crippen LogP contribution is -2.46. The van der Waals surface area contributed by atoms with Crippen molar-refractivity contribution in [3.63, 3.8) is 0 Å². The van der Waals surface area contributed by atoms with Crippen molar-refractivity contribution in [1.82, 2.24) is 5.32 Å². The van der Waals surface area contributed by atoms with Gasteiger partial charge in [-0.05, 0) is 24.1 Å². The van der Waals surface area contributed by atoms with Gasteiger partial charge in [-0.3, -0.25) is 19.7 Å². The predicted molar refractivity (Wildman–Crippen MR) is 117 cm³/mol. The normalized spacial score (nSPS) is 11.4. The number of nitro groups is 1. The Morgan fingerprint density at radius 1 is 1.16 bits per heavy atom. The number of non-ortho nitro benzene ring substituents is 1. The van der Waals surface area contributed by atoms with Gasteiger partial charge in [0.15, 0.2) is 6.61 Å². The van der Waals surface area contributed by atoms with Gasteiger partial charge in [-0.2, -0.15) is 0 Å². The van der Waals surface area contributed by atoms with Crippen LogP contribution in [0.2, 0.25) is 5.02 Å². The maximum absolute atomic E-state index is 12.5. The van der Waals surface area contributed by atoms with Crippen LogP contribution in [0.25, 0.3) is 0 Å². The van der Waals surface area contributed by atoms with E-state index in [1.165, 1.54) is 25.3 Å². The van der Waals surface area contributed by atoms with E-state index in [9.17, 15) is 24.5 Å². The Balaban J connectivity index is 2.00. The van der Waals surface area contributed by atoms with Crippen LogP contribution in [0.1, 0.15) is 24.2 Å². The monoisotopic (exact) mass is 463 g/mol. The molecule has 2 rings (SSSR count). The second-order valence-electron chi connectivity index (χ2n) is 6.97. The van der Waals surface area contributed by atoms with Crippen molar-refractivity contribution in [2.24, 2.45) is 5.92 Å². The molecule has 0 bridgehead atoms. The number of methoxy groups -OCH3 is 1. The zero-order valence-corrected chi connectivity index (χ0v) is 18.3. The summed E-state index contributed by atoms with van der Waals surface area (Å²) in [5, 5.41) is 16.1. The first-order valence-electron chi connectivity index (χ1n) is 9.48. The number of hydrogen-bond acceptors (Lipinski definition) is 7. The van der Waals surface area contributed by atoms with E-state index in [4.69, 9.17) is 21.1 Å². The summed E-state index contributed by atoms with van der Waals surface area (Å²) in [6.45, 7) is 2.78. The average Bonchev–Trinajstić information content (AvgIpc) is 2.75. The fourth-order valence-corrected chi connectivity index (χ4v) is 2.89. The third-order valence-electron chi connectivity index (χ3n) is 4.34. The Labute approximate surface area is 189 Å². The third-order valence-corrected chi connectivity index (χ3v) is 4.67. The third kappa shape index (κ3) is 6.42. The number of nitro benzene ring substituents is 1. The quantitative estimate of drug-likeness (QED) is 0.331. The molecule has 0 aromatic heterocycles. The van der Waals surface area contributed by atoms with Gasteiger partial charge in [0, 0.05) is 6.07 Å². The maximum atomic E-state index is 12.5. The van der Waals surface area contributed by atoms with Crippen molar-refractivity contribution in [3.8, 4) is 5.75 Å². The van der Waals surface area contributed by atoms with E-state index in [2.05, 4.69) is 10.6 Å². The summed E-state index contributed by atoms with van der Waals surface area (Å²) in [5.41, 5.74) is 0.169. The van der Waals surface area contributed by atoms with Crippen LogP contribution in [-0.2, 0) is 14.3 Å². The molecule has 2 aromatic rings. The Hall–Kier alpha value is -3.66. The topological polar surface area (TPSA) is 137 Å². The molecular formula is C21H22ClN3O7. The van der Waals surface area contributed by atoms with Crippen molar-refractivity contribution < 1.29 is 28.8 Å². The van der Waals surface area contributed by atoms with Crippen LogP contribution in [0, 0.1) is 16.0 Å². The van der Waals surface area contributed by atoms with Gasteiger partial charge in [0.1, 0.15) is 11.8 Å². The molecule has 2 aromatic carbocycles. The minimum atomic E-state index is -1.01. The van der Waals surface area contributed by atoms with Gasteiger partial charge < -0.3 is 20.1 Å². The number of carbonyl (C=O) groups is 3. The predicted octanol–water partition coefficient (Wildman–Crippen LogP) is 3.19. The summed E-state index contributed by atoms with van der Waals surface area (Å²) in [6.07, 6.45) is 0. The molecule has 10 nitrogen and oxygen atoms in total. The number of amides is 2. The Morgan fingerprint density at radius 3 is 2.44 bits per heavy atom. The molecule has 170 valence electrons. The Morgan fingerprint density at radius 2 is 1.84 bits per heavy atom. The zero-order chi connectivity index (χ0) is 23.8. The molecule has 1 atom stereocenters. The molecule has 0 saturated heterocycles. The molecular weight excluding hydrogens is 442 g/mol. The first-order chi connectivity index (χ1) is 15.1. The van der Waals surface area contributed by atoms with Crippen LogP contribution in [0.4, 0.5) is 11.4 Å². The number of benzene rings is 2. The highest BCUT2D eigenvalue weighted by atomic mass is 35.5. The molecule has 0 aliphatic carbocycles. The molecule has 0 aliphatic rings. The first-order valence-corrected chi connectivity index (χ1v) is 9.86. The van der Waals surface area contributed by atoms with Gasteiger partial charge >= 0.3 is 5.97 Å². The molecule has 0 unspecified atom stereocenters. The van der Waals surface area contributed by atoms with E-state index in [-0.39, 0.29) is 33.6 Å². The lowest BCUT2D eigenvalue weighted by atomic mass is 10.0. The minimum absolute atomic E-state index is 0.0749. The van der Waals surface area contributed by atoms with Crippen molar-refractivity contribution in [1.29, 1.82) is 0 Å². The molecule has 0 radical (unpaired) electrons. The molecule has 0 aliphatic heterocycles. The highest BCUT2D eigenvalue weighted by Crippen LogP contribution is 2.28. The molecule has 0 saturated carbocycles. The van der Waals surface area contributed by atoms with Gasteiger partial charge in [0.2, 0.25) is 0 Å². The fraction of sp³-hybridized carbons (Fsp3) is 0.286. The summed E-state index contributed by atoms with van der Waals surface area (Å²) in [6, 6.07) is 9.02. The van der Waals surface area contributed by atoms with E-state index in [1.54, 1.807) is 32.0 Å². The molecule has 2 amide bonds. The molecule has 32 heavy (non-hydrogen) atoms. The number of hydrogen-bond donors (Lipinski definition) is 2. The number of carbonyl (C=O) groups excluding carboxylic acids is 3. The second kappa shape index (κ2) is 11.1. The van der Waals surface area contributed by atoms with Crippen LogP contribution >= 0.6 is 11.6 Å². The molecule has 0 heterocycles. The number of ether oxygens (including phenoxy) is 2. The van der Waals surface area contributed by atoms with Crippen molar-refractivity contribution >= 4 is 40.8 Å². The Kier molecular flexibility index (Phi) is 8.54. The van der Waals surface area contributed by atoms with Crippen LogP contribution in [0.15, 0.2) is 42.5 Å². The van der Waals surface area contributed by atoms with Gasteiger partial charge in [0.05, 0.1) is 34.4 Å². The van der Waals surface area contributed by atoms with Gasteiger partial charge in [-0.1, -0.05) is 37.6 Å². The SMILES string of the molecule is COc1cc([N+](=O)[O-])ccc1NC(=O)COC(=O)[C@@H](NC(=O)c1ccccc1Cl)C(C)C. The van der Waals surface area contributed by atoms with Gasteiger partial charge in [-0.15, -0.1) is 0 Å². The fourth-order valence-electron chi connectivity index (χ4n) is 2.67. The van der Waals surface area contributed by atoms with E-state index >= 15 is 0 Å². The number of halogens is 1. The second-order valence-corrected chi connectivity index (χ2v) is 7.38.